The quantitative estimate of drug-likeness (QED) is 0.152. The molecular formula is C38H36Cl2N6O4. The zero-order valence-corrected chi connectivity index (χ0v) is 29.2. The first-order chi connectivity index (χ1) is 24.3. The summed E-state index contributed by atoms with van der Waals surface area (Å²) in [5.41, 5.74) is 7.19. The average molecular weight is 712 g/mol. The van der Waals surface area contributed by atoms with Gasteiger partial charge in [-0.3, -0.25) is 24.5 Å². The summed E-state index contributed by atoms with van der Waals surface area (Å²) in [4.78, 5) is 39.7. The molecule has 2 fully saturated rings. The van der Waals surface area contributed by atoms with Crippen LogP contribution in [0.1, 0.15) is 24.0 Å². The maximum atomic E-state index is 11.7. The van der Waals surface area contributed by atoms with Gasteiger partial charge in [0, 0.05) is 90.8 Å². The Hall–Kier alpha value is -4.61. The fourth-order valence-electron chi connectivity index (χ4n) is 6.59. The van der Waals surface area contributed by atoms with Crippen LogP contribution in [0.3, 0.4) is 0 Å². The van der Waals surface area contributed by atoms with E-state index < -0.39 is 0 Å². The van der Waals surface area contributed by atoms with Crippen molar-refractivity contribution in [2.24, 2.45) is 5.92 Å². The molecule has 1 atom stereocenters. The van der Waals surface area contributed by atoms with Crippen LogP contribution in [0.25, 0.3) is 44.5 Å². The van der Waals surface area contributed by atoms with Crippen molar-refractivity contribution in [1.29, 1.82) is 0 Å². The van der Waals surface area contributed by atoms with Crippen molar-refractivity contribution in [2.45, 2.75) is 32.0 Å². The number of carbonyl (C=O) groups excluding carboxylic acids is 2. The third-order valence-electron chi connectivity index (χ3n) is 9.28. The molecule has 2 aliphatic heterocycles. The van der Waals surface area contributed by atoms with Crippen LogP contribution in [0.2, 0.25) is 10.0 Å². The van der Waals surface area contributed by atoms with Crippen molar-refractivity contribution in [1.82, 2.24) is 30.5 Å². The van der Waals surface area contributed by atoms with E-state index in [1.54, 1.807) is 7.11 Å². The van der Waals surface area contributed by atoms with Gasteiger partial charge in [-0.2, -0.15) is 0 Å². The molecule has 5 heterocycles. The van der Waals surface area contributed by atoms with Gasteiger partial charge in [0.15, 0.2) is 0 Å². The number of likely N-dealkylation sites (tertiary alicyclic amines) is 1. The minimum atomic E-state index is -0.159. The van der Waals surface area contributed by atoms with E-state index in [0.717, 1.165) is 50.7 Å². The number of pyridine rings is 3. The summed E-state index contributed by atoms with van der Waals surface area (Å²) in [6.45, 7) is 3.30. The number of benzene rings is 2. The van der Waals surface area contributed by atoms with E-state index in [9.17, 15) is 9.59 Å². The highest BCUT2D eigenvalue weighted by atomic mass is 35.5. The molecule has 12 heteroatoms. The zero-order chi connectivity index (χ0) is 34.8. The van der Waals surface area contributed by atoms with Crippen molar-refractivity contribution < 1.29 is 19.1 Å². The Bertz CT molecular complexity index is 2090. The lowest BCUT2D eigenvalue weighted by atomic mass is 9.98. The molecular weight excluding hydrogens is 675 g/mol. The number of nitrogens with one attached hydrogen (secondary N) is 2. The number of aromatic nitrogens is 3. The second-order valence-corrected chi connectivity index (χ2v) is 13.4. The van der Waals surface area contributed by atoms with E-state index in [-0.39, 0.29) is 23.8 Å². The summed E-state index contributed by atoms with van der Waals surface area (Å²) in [5, 5.41) is 8.34. The highest BCUT2D eigenvalue weighted by Crippen LogP contribution is 2.42. The number of fused-ring (bicyclic) bond motifs is 1. The third-order valence-corrected chi connectivity index (χ3v) is 10.1. The smallest absolute Gasteiger partial charge is 0.311 e. The van der Waals surface area contributed by atoms with Crippen molar-refractivity contribution in [3.05, 3.63) is 94.2 Å². The Morgan fingerprint density at radius 2 is 1.66 bits per heavy atom. The normalized spacial score (nSPS) is 16.3. The lowest BCUT2D eigenvalue weighted by molar-refractivity contribution is -0.151. The number of hydrogen-bond donors (Lipinski definition) is 2. The van der Waals surface area contributed by atoms with Crippen LogP contribution < -0.4 is 15.4 Å². The number of nitrogens with zero attached hydrogens (tertiary/aromatic N) is 4. The van der Waals surface area contributed by atoms with Crippen molar-refractivity contribution in [3.63, 3.8) is 0 Å². The first kappa shape index (κ1) is 33.9. The maximum Gasteiger partial charge on any atom is 0.311 e. The molecule has 1 unspecified atom stereocenters. The minimum Gasteiger partial charge on any atom is -0.481 e. The van der Waals surface area contributed by atoms with Crippen LogP contribution >= 0.6 is 23.2 Å². The lowest BCUT2D eigenvalue weighted by Gasteiger charge is -2.37. The maximum absolute atomic E-state index is 11.7. The summed E-state index contributed by atoms with van der Waals surface area (Å²) < 4.78 is 10.5. The van der Waals surface area contributed by atoms with Crippen LogP contribution in [-0.2, 0) is 27.4 Å². The van der Waals surface area contributed by atoms with Gasteiger partial charge in [0.25, 0.3) is 0 Å². The monoisotopic (exact) mass is 710 g/mol. The molecule has 2 N–H and O–H groups in total. The van der Waals surface area contributed by atoms with Crippen LogP contribution in [0.4, 0.5) is 0 Å². The Morgan fingerprint density at radius 3 is 2.34 bits per heavy atom. The van der Waals surface area contributed by atoms with E-state index in [1.807, 2.05) is 67.0 Å². The van der Waals surface area contributed by atoms with Gasteiger partial charge >= 0.3 is 5.97 Å². The number of carbonyl (C=O) groups is 2. The average Bonchev–Trinajstić information content (AvgIpc) is 3.54. The summed E-state index contributed by atoms with van der Waals surface area (Å²) in [7, 11) is 3.02. The number of rotatable bonds is 11. The predicted molar refractivity (Wildman–Crippen MR) is 194 cm³/mol. The van der Waals surface area contributed by atoms with Gasteiger partial charge in [0.05, 0.1) is 47.1 Å². The lowest BCUT2D eigenvalue weighted by Crippen LogP contribution is -2.49. The van der Waals surface area contributed by atoms with Gasteiger partial charge < -0.3 is 20.1 Å². The highest BCUT2D eigenvalue weighted by molar-refractivity contribution is 6.39. The number of hydrogen-bond acceptors (Lipinski definition) is 9. The largest absolute Gasteiger partial charge is 0.481 e. The van der Waals surface area contributed by atoms with E-state index in [1.165, 1.54) is 7.11 Å². The SMILES string of the molecule is COC(=O)C1CN(Cc2cnc3cc(-c4cccc(-c5cccc(-c6ccc(CNCC7CCC(=O)N7)c(OC)n6)c5Cl)c4Cl)ncc3c2)C1. The molecule has 7 rings (SSSR count). The summed E-state index contributed by atoms with van der Waals surface area (Å²) in [5.74, 6) is 0.382. The van der Waals surface area contributed by atoms with Crippen molar-refractivity contribution >= 4 is 46.0 Å². The molecule has 3 aromatic heterocycles. The molecule has 50 heavy (non-hydrogen) atoms. The third kappa shape index (κ3) is 7.02. The second kappa shape index (κ2) is 14.7. The van der Waals surface area contributed by atoms with Crippen molar-refractivity contribution in [3.8, 4) is 39.5 Å². The van der Waals surface area contributed by atoms with E-state index in [4.69, 9.17) is 47.6 Å². The summed E-state index contributed by atoms with van der Waals surface area (Å²) in [6.07, 6.45) is 5.09. The number of ether oxygens (including phenoxy) is 2. The molecule has 2 saturated heterocycles. The molecule has 256 valence electrons. The van der Waals surface area contributed by atoms with E-state index in [2.05, 4.69) is 21.6 Å². The number of methoxy groups -OCH3 is 2. The molecule has 1 amide bonds. The topological polar surface area (TPSA) is 119 Å². The van der Waals surface area contributed by atoms with Gasteiger partial charge in [0.1, 0.15) is 0 Å². The predicted octanol–water partition coefficient (Wildman–Crippen LogP) is 6.31. The Balaban J connectivity index is 1.09. The molecule has 0 aliphatic carbocycles. The van der Waals surface area contributed by atoms with Gasteiger partial charge in [0.2, 0.25) is 11.8 Å². The summed E-state index contributed by atoms with van der Waals surface area (Å²) in [6, 6.07) is 19.7. The first-order valence-electron chi connectivity index (χ1n) is 16.5. The molecule has 0 bridgehead atoms. The molecule has 5 aromatic rings. The molecule has 0 radical (unpaired) electrons. The molecule has 0 saturated carbocycles. The van der Waals surface area contributed by atoms with Crippen LogP contribution in [0, 0.1) is 5.92 Å². The molecule has 0 spiro atoms. The fraction of sp³-hybridized carbons (Fsp3) is 0.289. The highest BCUT2D eigenvalue weighted by Gasteiger charge is 2.33. The Kier molecular flexibility index (Phi) is 9.96. The first-order valence-corrected chi connectivity index (χ1v) is 17.2. The molecule has 10 nitrogen and oxygen atoms in total. The second-order valence-electron chi connectivity index (χ2n) is 12.7. The van der Waals surface area contributed by atoms with Gasteiger partial charge in [-0.15, -0.1) is 0 Å². The number of esters is 1. The van der Waals surface area contributed by atoms with E-state index in [0.29, 0.717) is 66.5 Å². The fourth-order valence-corrected chi connectivity index (χ4v) is 7.24. The van der Waals surface area contributed by atoms with Gasteiger partial charge in [-0.05, 0) is 30.2 Å². The number of amides is 1. The standard InChI is InChI=1S/C38H36Cl2N6O4/c1-49-37-23(16-41-18-26-10-12-34(47)44-26)9-11-31(45-37)29-7-3-5-27(35(29)39)28-6-4-8-30(36(28)40)33-14-32-24(17-43-33)13-22(15-42-32)19-46-20-25(21-46)38(48)50-2/h3-9,11,13-15,17,25-26,41H,10,12,16,18-21H2,1-2H3,(H,44,47). The van der Waals surface area contributed by atoms with Gasteiger partial charge in [-0.1, -0.05) is 65.7 Å². The Labute approximate surface area is 300 Å². The van der Waals surface area contributed by atoms with Crippen LogP contribution in [0.5, 0.6) is 5.88 Å². The Morgan fingerprint density at radius 1 is 0.940 bits per heavy atom. The van der Waals surface area contributed by atoms with Gasteiger partial charge in [-0.25, -0.2) is 4.98 Å². The summed E-state index contributed by atoms with van der Waals surface area (Å²) >= 11 is 14.2. The number of halogens is 2. The van der Waals surface area contributed by atoms with Crippen LogP contribution in [0.15, 0.2) is 73.1 Å². The van der Waals surface area contributed by atoms with E-state index >= 15 is 0 Å². The van der Waals surface area contributed by atoms with Crippen molar-refractivity contribution in [2.75, 3.05) is 33.9 Å². The molecule has 2 aromatic carbocycles. The van der Waals surface area contributed by atoms with Crippen LogP contribution in [-0.4, -0.2) is 71.6 Å². The minimum absolute atomic E-state index is 0.0601. The zero-order valence-electron chi connectivity index (χ0n) is 27.7. The molecule has 2 aliphatic rings.